The van der Waals surface area contributed by atoms with E-state index in [0.717, 1.165) is 0 Å². The van der Waals surface area contributed by atoms with E-state index in [1.165, 1.54) is 18.2 Å². The number of nitrogens with one attached hydrogen (secondary N) is 1. The molecule has 7 heteroatoms. The lowest BCUT2D eigenvalue weighted by atomic mass is 10.1. The van der Waals surface area contributed by atoms with Crippen LogP contribution in [0.2, 0.25) is 0 Å². The molecule has 0 spiro atoms. The summed E-state index contributed by atoms with van der Waals surface area (Å²) in [6, 6.07) is 4.04. The summed E-state index contributed by atoms with van der Waals surface area (Å²) in [7, 11) is 3.39. The third kappa shape index (κ3) is 2.95. The molecule has 1 aromatic rings. The fourth-order valence-electron chi connectivity index (χ4n) is 1.64. The zero-order chi connectivity index (χ0) is 13.7. The molecule has 0 bridgehead atoms. The van der Waals surface area contributed by atoms with E-state index in [4.69, 9.17) is 5.11 Å². The summed E-state index contributed by atoms with van der Waals surface area (Å²) < 4.78 is 0. The molecule has 0 aromatic heterocycles. The molecule has 0 saturated heterocycles. The zero-order valence-corrected chi connectivity index (χ0v) is 10.2. The van der Waals surface area contributed by atoms with Crippen LogP contribution in [0.1, 0.15) is 10.4 Å². The van der Waals surface area contributed by atoms with Gasteiger partial charge in [0.15, 0.2) is 0 Å². The minimum Gasteiger partial charge on any atom is -0.478 e. The molecule has 2 N–H and O–H groups in total. The van der Waals surface area contributed by atoms with Gasteiger partial charge in [-0.1, -0.05) is 6.07 Å². The Morgan fingerprint density at radius 3 is 2.72 bits per heavy atom. The molecule has 0 radical (unpaired) electrons. The number of aromatic carboxylic acids is 1. The summed E-state index contributed by atoms with van der Waals surface area (Å²) in [6.45, 7) is 1.07. The first kappa shape index (κ1) is 13.9. The van der Waals surface area contributed by atoms with E-state index < -0.39 is 10.9 Å². The Hall–Kier alpha value is -2.15. The highest BCUT2D eigenvalue weighted by atomic mass is 16.6. The molecule has 0 amide bonds. The molecule has 1 rings (SSSR count). The third-order valence-electron chi connectivity index (χ3n) is 2.52. The molecule has 0 fully saturated rings. The maximum atomic E-state index is 11.1. The van der Waals surface area contributed by atoms with Crippen LogP contribution < -0.4 is 10.2 Å². The lowest BCUT2D eigenvalue weighted by Crippen LogP contribution is -2.29. The number of likely N-dealkylation sites (N-methyl/N-ethyl adjacent to an activating group) is 2. The fraction of sp³-hybridized carbons (Fsp3) is 0.364. The van der Waals surface area contributed by atoms with Gasteiger partial charge in [-0.05, 0) is 13.1 Å². The Labute approximate surface area is 104 Å². The number of anilines is 1. The molecule has 0 saturated carbocycles. The number of carboxylic acid groups (broad SMARTS) is 1. The lowest BCUT2D eigenvalue weighted by molar-refractivity contribution is -0.384. The van der Waals surface area contributed by atoms with Crippen LogP contribution in [0.4, 0.5) is 11.4 Å². The van der Waals surface area contributed by atoms with Gasteiger partial charge in [0.1, 0.15) is 5.69 Å². The van der Waals surface area contributed by atoms with E-state index in [-0.39, 0.29) is 16.9 Å². The quantitative estimate of drug-likeness (QED) is 0.579. The minimum atomic E-state index is -1.18. The van der Waals surface area contributed by atoms with Crippen LogP contribution in [0.3, 0.4) is 0 Å². The van der Waals surface area contributed by atoms with Crippen LogP contribution >= 0.6 is 0 Å². The van der Waals surface area contributed by atoms with Crippen molar-refractivity contribution in [1.82, 2.24) is 5.32 Å². The normalized spacial score (nSPS) is 10.1. The minimum absolute atomic E-state index is 0.0668. The van der Waals surface area contributed by atoms with Crippen LogP contribution in [0.5, 0.6) is 0 Å². The first-order valence-electron chi connectivity index (χ1n) is 5.35. The molecule has 0 atom stereocenters. The van der Waals surface area contributed by atoms with Crippen molar-refractivity contribution in [3.63, 3.8) is 0 Å². The average Bonchev–Trinajstić information content (AvgIpc) is 2.34. The molecule has 98 valence electrons. The lowest BCUT2D eigenvalue weighted by Gasteiger charge is -2.20. The first-order valence-corrected chi connectivity index (χ1v) is 5.35. The topological polar surface area (TPSA) is 95.7 Å². The van der Waals surface area contributed by atoms with Gasteiger partial charge in [-0.2, -0.15) is 0 Å². The number of benzene rings is 1. The van der Waals surface area contributed by atoms with E-state index in [9.17, 15) is 14.9 Å². The maximum absolute atomic E-state index is 11.1. The first-order chi connectivity index (χ1) is 8.49. The molecule has 0 heterocycles. The van der Waals surface area contributed by atoms with Gasteiger partial charge in [0, 0.05) is 26.2 Å². The van der Waals surface area contributed by atoms with Crippen molar-refractivity contribution in [3.05, 3.63) is 33.9 Å². The summed E-state index contributed by atoms with van der Waals surface area (Å²) >= 11 is 0. The summed E-state index contributed by atoms with van der Waals surface area (Å²) in [5, 5.41) is 22.9. The fourth-order valence-corrected chi connectivity index (χ4v) is 1.64. The number of nitrogens with zero attached hydrogens (tertiary/aromatic N) is 2. The van der Waals surface area contributed by atoms with Crippen molar-refractivity contribution in [2.75, 3.05) is 32.1 Å². The highest BCUT2D eigenvalue weighted by molar-refractivity contribution is 5.97. The SMILES string of the molecule is CNCCN(C)c1c(C(=O)O)cccc1[N+](=O)[O-]. The molecule has 0 unspecified atom stereocenters. The number of nitro groups is 1. The monoisotopic (exact) mass is 253 g/mol. The zero-order valence-electron chi connectivity index (χ0n) is 10.2. The smallest absolute Gasteiger partial charge is 0.338 e. The van der Waals surface area contributed by atoms with Crippen LogP contribution in [0.25, 0.3) is 0 Å². The van der Waals surface area contributed by atoms with Gasteiger partial charge in [-0.3, -0.25) is 10.1 Å². The Morgan fingerprint density at radius 2 is 2.22 bits per heavy atom. The predicted molar refractivity (Wildman–Crippen MR) is 67.3 cm³/mol. The largest absolute Gasteiger partial charge is 0.478 e. The molecule has 0 aliphatic heterocycles. The Balaban J connectivity index is 3.26. The van der Waals surface area contributed by atoms with Crippen LogP contribution in [-0.2, 0) is 0 Å². The number of hydrogen-bond donors (Lipinski definition) is 2. The molecule has 0 aliphatic carbocycles. The third-order valence-corrected chi connectivity index (χ3v) is 2.52. The van der Waals surface area contributed by atoms with Gasteiger partial charge in [0.05, 0.1) is 10.5 Å². The van der Waals surface area contributed by atoms with Crippen molar-refractivity contribution in [3.8, 4) is 0 Å². The molecule has 18 heavy (non-hydrogen) atoms. The molecule has 7 nitrogen and oxygen atoms in total. The van der Waals surface area contributed by atoms with E-state index in [1.807, 2.05) is 0 Å². The Bertz CT molecular complexity index is 429. The molecular formula is C11H15N3O4. The van der Waals surface area contributed by atoms with Gasteiger partial charge in [0.25, 0.3) is 5.69 Å². The number of carbonyl (C=O) groups is 1. The summed E-state index contributed by atoms with van der Waals surface area (Å²) in [5.74, 6) is -1.18. The highest BCUT2D eigenvalue weighted by Gasteiger charge is 2.23. The Kier molecular flexibility index (Phi) is 4.61. The number of rotatable bonds is 6. The van der Waals surface area contributed by atoms with Gasteiger partial charge >= 0.3 is 5.97 Å². The summed E-state index contributed by atoms with van der Waals surface area (Å²) in [5.41, 5.74) is -0.137. The average molecular weight is 253 g/mol. The van der Waals surface area contributed by atoms with E-state index in [0.29, 0.717) is 13.1 Å². The second-order valence-corrected chi connectivity index (χ2v) is 3.76. The number of para-hydroxylation sites is 1. The van der Waals surface area contributed by atoms with Gasteiger partial charge in [-0.25, -0.2) is 4.79 Å². The van der Waals surface area contributed by atoms with Crippen molar-refractivity contribution < 1.29 is 14.8 Å². The summed E-state index contributed by atoms with van der Waals surface area (Å²) in [4.78, 5) is 23.1. The molecular weight excluding hydrogens is 238 g/mol. The van der Waals surface area contributed by atoms with Gasteiger partial charge < -0.3 is 15.3 Å². The maximum Gasteiger partial charge on any atom is 0.338 e. The second kappa shape index (κ2) is 5.97. The van der Waals surface area contributed by atoms with E-state index >= 15 is 0 Å². The number of carboxylic acids is 1. The predicted octanol–water partition coefficient (Wildman–Crippen LogP) is 0.949. The van der Waals surface area contributed by atoms with Crippen molar-refractivity contribution in [2.24, 2.45) is 0 Å². The van der Waals surface area contributed by atoms with E-state index in [1.54, 1.807) is 19.0 Å². The van der Waals surface area contributed by atoms with E-state index in [2.05, 4.69) is 5.32 Å². The Morgan fingerprint density at radius 1 is 1.56 bits per heavy atom. The summed E-state index contributed by atoms with van der Waals surface area (Å²) in [6.07, 6.45) is 0. The van der Waals surface area contributed by atoms with Crippen LogP contribution in [0, 0.1) is 10.1 Å². The standard InChI is InChI=1S/C11H15N3O4/c1-12-6-7-13(2)10-8(11(15)16)4-3-5-9(10)14(17)18/h3-5,12H,6-7H2,1-2H3,(H,15,16). The van der Waals surface area contributed by atoms with Crippen molar-refractivity contribution in [1.29, 1.82) is 0 Å². The van der Waals surface area contributed by atoms with Crippen molar-refractivity contribution >= 4 is 17.3 Å². The van der Waals surface area contributed by atoms with Gasteiger partial charge in [0.2, 0.25) is 0 Å². The highest BCUT2D eigenvalue weighted by Crippen LogP contribution is 2.31. The second-order valence-electron chi connectivity index (χ2n) is 3.76. The van der Waals surface area contributed by atoms with Crippen molar-refractivity contribution in [2.45, 2.75) is 0 Å². The van der Waals surface area contributed by atoms with Crippen LogP contribution in [-0.4, -0.2) is 43.2 Å². The number of hydrogen-bond acceptors (Lipinski definition) is 5. The van der Waals surface area contributed by atoms with Crippen LogP contribution in [0.15, 0.2) is 18.2 Å². The van der Waals surface area contributed by atoms with Gasteiger partial charge in [-0.15, -0.1) is 0 Å². The molecule has 1 aromatic carbocycles. The number of nitro benzene ring substituents is 1. The molecule has 0 aliphatic rings.